The van der Waals surface area contributed by atoms with E-state index in [4.69, 9.17) is 5.73 Å². The van der Waals surface area contributed by atoms with Crippen LogP contribution in [0.25, 0.3) is 0 Å². The first-order valence-electron chi connectivity index (χ1n) is 6.85. The van der Waals surface area contributed by atoms with Crippen LogP contribution in [0.4, 0.5) is 0 Å². The Bertz CT molecular complexity index is 285. The minimum atomic E-state index is -0.231. The molecule has 0 unspecified atom stereocenters. The Morgan fingerprint density at radius 2 is 2.00 bits per heavy atom. The lowest BCUT2D eigenvalue weighted by Crippen LogP contribution is -2.54. The second-order valence-corrected chi connectivity index (χ2v) is 5.52. The van der Waals surface area contributed by atoms with Gasteiger partial charge in [0, 0.05) is 19.1 Å². The Kier molecular flexibility index (Phi) is 3.87. The Morgan fingerprint density at radius 1 is 1.35 bits per heavy atom. The van der Waals surface area contributed by atoms with Crippen molar-refractivity contribution in [1.29, 1.82) is 0 Å². The molecule has 0 aromatic rings. The fraction of sp³-hybridized carbons (Fsp3) is 0.786. The molecule has 3 heteroatoms. The van der Waals surface area contributed by atoms with Crippen LogP contribution < -0.4 is 5.73 Å². The van der Waals surface area contributed by atoms with Crippen LogP contribution in [0.1, 0.15) is 44.9 Å². The highest BCUT2D eigenvalue weighted by molar-refractivity contribution is 5.84. The minimum absolute atomic E-state index is 0.231. The smallest absolute Gasteiger partial charge is 0.230 e. The van der Waals surface area contributed by atoms with E-state index in [0.717, 1.165) is 32.1 Å². The third kappa shape index (κ3) is 2.25. The van der Waals surface area contributed by atoms with Gasteiger partial charge in [-0.25, -0.2) is 0 Å². The van der Waals surface area contributed by atoms with E-state index in [1.807, 2.05) is 11.0 Å². The first kappa shape index (κ1) is 12.6. The van der Waals surface area contributed by atoms with Gasteiger partial charge in [0.2, 0.25) is 5.91 Å². The van der Waals surface area contributed by atoms with Crippen molar-refractivity contribution in [2.45, 2.75) is 51.0 Å². The summed E-state index contributed by atoms with van der Waals surface area (Å²) in [4.78, 5) is 14.7. The normalized spacial score (nSPS) is 23.1. The highest BCUT2D eigenvalue weighted by Gasteiger charge is 2.46. The lowest BCUT2D eigenvalue weighted by molar-refractivity contribution is -0.148. The number of rotatable bonds is 5. The molecule has 0 radical (unpaired) electrons. The fourth-order valence-electron chi connectivity index (χ4n) is 3.17. The monoisotopic (exact) mass is 236 g/mol. The molecule has 2 saturated carbocycles. The second kappa shape index (κ2) is 5.21. The molecule has 3 nitrogen and oxygen atoms in total. The molecule has 0 bridgehead atoms. The lowest BCUT2D eigenvalue weighted by atomic mass is 9.67. The Labute approximate surface area is 104 Å². The van der Waals surface area contributed by atoms with Gasteiger partial charge in [0.25, 0.3) is 0 Å². The average Bonchev–Trinajstić information content (AvgIpc) is 2.78. The SMILES string of the molecule is C=CCN(C(=O)C1(CN)CCC1)C1CCCC1. The van der Waals surface area contributed by atoms with Crippen molar-refractivity contribution in [3.05, 3.63) is 12.7 Å². The third-order valence-electron chi connectivity index (χ3n) is 4.51. The van der Waals surface area contributed by atoms with Crippen molar-refractivity contribution >= 4 is 5.91 Å². The maximum absolute atomic E-state index is 12.7. The molecule has 0 atom stereocenters. The van der Waals surface area contributed by atoms with Gasteiger partial charge in [0.05, 0.1) is 5.41 Å². The zero-order valence-electron chi connectivity index (χ0n) is 10.7. The Balaban J connectivity index is 2.08. The van der Waals surface area contributed by atoms with Crippen LogP contribution in [0, 0.1) is 5.41 Å². The molecule has 2 aliphatic rings. The number of amides is 1. The molecule has 1 amide bonds. The van der Waals surface area contributed by atoms with Gasteiger partial charge in [-0.05, 0) is 25.7 Å². The van der Waals surface area contributed by atoms with Crippen molar-refractivity contribution in [3.63, 3.8) is 0 Å². The topological polar surface area (TPSA) is 46.3 Å². The van der Waals surface area contributed by atoms with Crippen molar-refractivity contribution in [1.82, 2.24) is 4.90 Å². The second-order valence-electron chi connectivity index (χ2n) is 5.52. The Morgan fingerprint density at radius 3 is 2.41 bits per heavy atom. The predicted octanol–water partition coefficient (Wildman–Crippen LogP) is 2.07. The van der Waals surface area contributed by atoms with Crippen molar-refractivity contribution in [2.24, 2.45) is 11.1 Å². The summed E-state index contributed by atoms with van der Waals surface area (Å²) in [6.45, 7) is 4.97. The average molecular weight is 236 g/mol. The summed E-state index contributed by atoms with van der Waals surface area (Å²) in [6, 6.07) is 0.435. The summed E-state index contributed by atoms with van der Waals surface area (Å²) in [6.07, 6.45) is 9.75. The quantitative estimate of drug-likeness (QED) is 0.743. The molecule has 2 fully saturated rings. The molecule has 0 aliphatic heterocycles. The van der Waals surface area contributed by atoms with E-state index in [1.165, 1.54) is 12.8 Å². The molecule has 0 aromatic heterocycles. The third-order valence-corrected chi connectivity index (χ3v) is 4.51. The van der Waals surface area contributed by atoms with Gasteiger partial charge in [-0.1, -0.05) is 25.3 Å². The fourth-order valence-corrected chi connectivity index (χ4v) is 3.17. The van der Waals surface area contributed by atoms with Crippen LogP contribution in [0.2, 0.25) is 0 Å². The number of carbonyl (C=O) groups excluding carboxylic acids is 1. The standard InChI is InChI=1S/C14H24N2O/c1-2-10-16(12-6-3-4-7-12)13(17)14(11-15)8-5-9-14/h2,12H,1,3-11,15H2. The van der Waals surface area contributed by atoms with Gasteiger partial charge >= 0.3 is 0 Å². The first-order valence-corrected chi connectivity index (χ1v) is 6.85. The van der Waals surface area contributed by atoms with E-state index >= 15 is 0 Å². The molecule has 17 heavy (non-hydrogen) atoms. The molecule has 2 rings (SSSR count). The van der Waals surface area contributed by atoms with E-state index in [-0.39, 0.29) is 11.3 Å². The number of hydrogen-bond acceptors (Lipinski definition) is 2. The van der Waals surface area contributed by atoms with Gasteiger partial charge in [-0.2, -0.15) is 0 Å². The van der Waals surface area contributed by atoms with E-state index in [1.54, 1.807) is 0 Å². The molecule has 0 heterocycles. The lowest BCUT2D eigenvalue weighted by Gasteiger charge is -2.44. The summed E-state index contributed by atoms with van der Waals surface area (Å²) < 4.78 is 0. The molecular weight excluding hydrogens is 212 g/mol. The maximum atomic E-state index is 12.7. The molecule has 0 saturated heterocycles. The van der Waals surface area contributed by atoms with Crippen molar-refractivity contribution in [3.8, 4) is 0 Å². The molecule has 96 valence electrons. The summed E-state index contributed by atoms with van der Waals surface area (Å²) in [5.41, 5.74) is 5.60. The van der Waals surface area contributed by atoms with Gasteiger partial charge in [-0.3, -0.25) is 4.79 Å². The number of nitrogens with two attached hydrogens (primary N) is 1. The van der Waals surface area contributed by atoms with E-state index in [0.29, 0.717) is 19.1 Å². The highest BCUT2D eigenvalue weighted by atomic mass is 16.2. The zero-order valence-corrected chi connectivity index (χ0v) is 10.7. The molecule has 0 spiro atoms. The van der Waals surface area contributed by atoms with Gasteiger partial charge < -0.3 is 10.6 Å². The van der Waals surface area contributed by atoms with E-state index < -0.39 is 0 Å². The molecule has 0 aromatic carbocycles. The Hall–Kier alpha value is -0.830. The first-order chi connectivity index (χ1) is 8.23. The van der Waals surface area contributed by atoms with Crippen LogP contribution in [0.3, 0.4) is 0 Å². The predicted molar refractivity (Wildman–Crippen MR) is 69.5 cm³/mol. The van der Waals surface area contributed by atoms with Crippen LogP contribution in [0.5, 0.6) is 0 Å². The minimum Gasteiger partial charge on any atom is -0.335 e. The zero-order chi connectivity index (χ0) is 12.3. The van der Waals surface area contributed by atoms with Gasteiger partial charge in [0.15, 0.2) is 0 Å². The molecular formula is C14H24N2O. The summed E-state index contributed by atoms with van der Waals surface area (Å²) >= 11 is 0. The molecule has 2 aliphatic carbocycles. The van der Waals surface area contributed by atoms with Crippen molar-refractivity contribution < 1.29 is 4.79 Å². The van der Waals surface area contributed by atoms with E-state index in [2.05, 4.69) is 6.58 Å². The van der Waals surface area contributed by atoms with Crippen LogP contribution in [-0.2, 0) is 4.79 Å². The van der Waals surface area contributed by atoms with Crippen LogP contribution in [-0.4, -0.2) is 29.9 Å². The van der Waals surface area contributed by atoms with Gasteiger partial charge in [0.1, 0.15) is 0 Å². The summed E-state index contributed by atoms with van der Waals surface area (Å²) in [7, 11) is 0. The summed E-state index contributed by atoms with van der Waals surface area (Å²) in [5.74, 6) is 0.290. The number of hydrogen-bond donors (Lipinski definition) is 1. The summed E-state index contributed by atoms with van der Waals surface area (Å²) in [5, 5.41) is 0. The number of carbonyl (C=O) groups is 1. The highest BCUT2D eigenvalue weighted by Crippen LogP contribution is 2.42. The van der Waals surface area contributed by atoms with Crippen LogP contribution in [0.15, 0.2) is 12.7 Å². The molecule has 2 N–H and O–H groups in total. The maximum Gasteiger partial charge on any atom is 0.230 e. The van der Waals surface area contributed by atoms with E-state index in [9.17, 15) is 4.79 Å². The van der Waals surface area contributed by atoms with Crippen LogP contribution >= 0.6 is 0 Å². The van der Waals surface area contributed by atoms with Gasteiger partial charge in [-0.15, -0.1) is 6.58 Å². The largest absolute Gasteiger partial charge is 0.335 e. The van der Waals surface area contributed by atoms with Crippen molar-refractivity contribution in [2.75, 3.05) is 13.1 Å². The number of nitrogens with zero attached hydrogens (tertiary/aromatic N) is 1.